The highest BCUT2D eigenvalue weighted by Gasteiger charge is 2.36. The second-order valence-corrected chi connectivity index (χ2v) is 5.19. The van der Waals surface area contributed by atoms with Gasteiger partial charge in [-0.15, -0.1) is 0 Å². The summed E-state index contributed by atoms with van der Waals surface area (Å²) in [5.41, 5.74) is 0.787. The second kappa shape index (κ2) is 5.48. The van der Waals surface area contributed by atoms with Crippen LogP contribution in [0.2, 0.25) is 0 Å². The number of Topliss-reactive ketones (excluding diaryl/α,β-unsaturated/α-hetero) is 1. The minimum absolute atomic E-state index is 0.114. The van der Waals surface area contributed by atoms with Gasteiger partial charge in [-0.25, -0.2) is 0 Å². The van der Waals surface area contributed by atoms with Gasteiger partial charge in [-0.05, 0) is 32.8 Å². The highest BCUT2D eigenvalue weighted by atomic mass is 16.4. The standard InChI is InChI=1S/C14H18N2O4/c1-8(14(19)20)12-4-3-5-16(12)13(18)11-6-10(7-15-11)9(2)17/h6-8,12,15H,3-5H2,1-2H3,(H,19,20). The van der Waals surface area contributed by atoms with Gasteiger partial charge in [-0.2, -0.15) is 0 Å². The SMILES string of the molecule is CC(=O)c1c[nH]c(C(=O)N2CCCC2C(C)C(=O)O)c1. The van der Waals surface area contributed by atoms with Crippen LogP contribution in [-0.4, -0.2) is 45.2 Å². The largest absolute Gasteiger partial charge is 0.481 e. The predicted molar refractivity (Wildman–Crippen MR) is 71.7 cm³/mol. The number of ketones is 1. The van der Waals surface area contributed by atoms with Crippen molar-refractivity contribution in [3.05, 3.63) is 23.5 Å². The summed E-state index contributed by atoms with van der Waals surface area (Å²) in [6, 6.07) is 1.23. The van der Waals surface area contributed by atoms with E-state index in [9.17, 15) is 14.4 Å². The summed E-state index contributed by atoms with van der Waals surface area (Å²) < 4.78 is 0. The number of amides is 1. The molecule has 108 valence electrons. The predicted octanol–water partition coefficient (Wildman–Crippen LogP) is 1.54. The molecule has 1 aliphatic rings. The molecule has 2 N–H and O–H groups in total. The number of hydrogen-bond acceptors (Lipinski definition) is 3. The zero-order chi connectivity index (χ0) is 14.9. The van der Waals surface area contributed by atoms with Gasteiger partial charge in [0, 0.05) is 24.3 Å². The van der Waals surface area contributed by atoms with Crippen molar-refractivity contribution in [2.24, 2.45) is 5.92 Å². The Labute approximate surface area is 116 Å². The molecule has 2 heterocycles. The summed E-state index contributed by atoms with van der Waals surface area (Å²) in [5, 5.41) is 9.10. The third-order valence-electron chi connectivity index (χ3n) is 3.85. The van der Waals surface area contributed by atoms with E-state index in [1.807, 2.05) is 0 Å². The van der Waals surface area contributed by atoms with E-state index in [0.717, 1.165) is 6.42 Å². The maximum atomic E-state index is 12.4. The van der Waals surface area contributed by atoms with Crippen molar-refractivity contribution in [3.63, 3.8) is 0 Å². The average Bonchev–Trinajstić information content (AvgIpc) is 3.05. The zero-order valence-electron chi connectivity index (χ0n) is 11.5. The number of nitrogens with one attached hydrogen (secondary N) is 1. The number of rotatable bonds is 4. The molecule has 1 amide bonds. The topological polar surface area (TPSA) is 90.5 Å². The molecule has 6 heteroatoms. The Kier molecular flexibility index (Phi) is 3.92. The number of aromatic amines is 1. The highest BCUT2D eigenvalue weighted by Crippen LogP contribution is 2.26. The van der Waals surface area contributed by atoms with Crippen LogP contribution in [0.3, 0.4) is 0 Å². The Morgan fingerprint density at radius 2 is 2.15 bits per heavy atom. The van der Waals surface area contributed by atoms with Crippen molar-refractivity contribution in [3.8, 4) is 0 Å². The summed E-state index contributed by atoms with van der Waals surface area (Å²) in [4.78, 5) is 39.1. The van der Waals surface area contributed by atoms with Gasteiger partial charge < -0.3 is 15.0 Å². The molecule has 6 nitrogen and oxygen atoms in total. The molecular weight excluding hydrogens is 260 g/mol. The molecule has 2 rings (SSSR count). The maximum Gasteiger partial charge on any atom is 0.308 e. The van der Waals surface area contributed by atoms with Crippen molar-refractivity contribution >= 4 is 17.7 Å². The Balaban J connectivity index is 2.18. The number of nitrogens with zero attached hydrogens (tertiary/aromatic N) is 1. The van der Waals surface area contributed by atoms with Crippen LogP contribution in [0.4, 0.5) is 0 Å². The number of aromatic nitrogens is 1. The van der Waals surface area contributed by atoms with Crippen LogP contribution in [0.5, 0.6) is 0 Å². The monoisotopic (exact) mass is 278 g/mol. The van der Waals surface area contributed by atoms with Gasteiger partial charge in [0.25, 0.3) is 5.91 Å². The highest BCUT2D eigenvalue weighted by molar-refractivity contribution is 5.99. The van der Waals surface area contributed by atoms with Gasteiger partial charge in [0.1, 0.15) is 5.69 Å². The third kappa shape index (κ3) is 2.59. The van der Waals surface area contributed by atoms with E-state index in [-0.39, 0.29) is 17.7 Å². The molecule has 0 spiro atoms. The first-order valence-corrected chi connectivity index (χ1v) is 6.65. The van der Waals surface area contributed by atoms with E-state index in [0.29, 0.717) is 24.2 Å². The molecule has 1 aromatic rings. The smallest absolute Gasteiger partial charge is 0.308 e. The maximum absolute atomic E-state index is 12.4. The van der Waals surface area contributed by atoms with Crippen LogP contribution in [0.15, 0.2) is 12.3 Å². The fourth-order valence-corrected chi connectivity index (χ4v) is 2.60. The molecule has 2 unspecified atom stereocenters. The van der Waals surface area contributed by atoms with Crippen molar-refractivity contribution in [1.29, 1.82) is 0 Å². The Morgan fingerprint density at radius 3 is 2.70 bits per heavy atom. The number of carbonyl (C=O) groups is 3. The van der Waals surface area contributed by atoms with E-state index in [2.05, 4.69) is 4.98 Å². The van der Waals surface area contributed by atoms with Crippen LogP contribution in [-0.2, 0) is 4.79 Å². The Morgan fingerprint density at radius 1 is 1.45 bits per heavy atom. The Bertz CT molecular complexity index is 549. The van der Waals surface area contributed by atoms with Gasteiger partial charge in [-0.1, -0.05) is 0 Å². The summed E-state index contributed by atoms with van der Waals surface area (Å²) >= 11 is 0. The lowest BCUT2D eigenvalue weighted by molar-refractivity contribution is -0.142. The molecule has 1 aromatic heterocycles. The van der Waals surface area contributed by atoms with Crippen LogP contribution < -0.4 is 0 Å². The molecule has 1 saturated heterocycles. The minimum Gasteiger partial charge on any atom is -0.481 e. The number of aliphatic carboxylic acids is 1. The molecular formula is C14H18N2O4. The van der Waals surface area contributed by atoms with Crippen LogP contribution >= 0.6 is 0 Å². The van der Waals surface area contributed by atoms with Gasteiger partial charge >= 0.3 is 5.97 Å². The van der Waals surface area contributed by atoms with Gasteiger partial charge in [-0.3, -0.25) is 14.4 Å². The average molecular weight is 278 g/mol. The summed E-state index contributed by atoms with van der Waals surface area (Å²) in [7, 11) is 0. The summed E-state index contributed by atoms with van der Waals surface area (Å²) in [6.07, 6.45) is 3.00. The third-order valence-corrected chi connectivity index (χ3v) is 3.85. The summed E-state index contributed by atoms with van der Waals surface area (Å²) in [6.45, 7) is 3.60. The van der Waals surface area contributed by atoms with Crippen LogP contribution in [0.25, 0.3) is 0 Å². The minimum atomic E-state index is -0.898. The second-order valence-electron chi connectivity index (χ2n) is 5.19. The molecule has 0 radical (unpaired) electrons. The quantitative estimate of drug-likeness (QED) is 0.817. The number of likely N-dealkylation sites (tertiary alicyclic amines) is 1. The van der Waals surface area contributed by atoms with Crippen molar-refractivity contribution in [2.75, 3.05) is 6.54 Å². The van der Waals surface area contributed by atoms with Crippen molar-refractivity contribution in [2.45, 2.75) is 32.7 Å². The van der Waals surface area contributed by atoms with Crippen molar-refractivity contribution in [1.82, 2.24) is 9.88 Å². The van der Waals surface area contributed by atoms with Crippen molar-refractivity contribution < 1.29 is 19.5 Å². The van der Waals surface area contributed by atoms with E-state index < -0.39 is 11.9 Å². The molecule has 1 fully saturated rings. The number of carboxylic acids is 1. The number of carbonyl (C=O) groups excluding carboxylic acids is 2. The molecule has 1 aliphatic heterocycles. The molecule has 20 heavy (non-hydrogen) atoms. The van der Waals surface area contributed by atoms with Gasteiger partial charge in [0.2, 0.25) is 0 Å². The van der Waals surface area contributed by atoms with E-state index >= 15 is 0 Å². The van der Waals surface area contributed by atoms with E-state index in [4.69, 9.17) is 5.11 Å². The van der Waals surface area contributed by atoms with Gasteiger partial charge in [0.05, 0.1) is 5.92 Å². The Hall–Kier alpha value is -2.11. The van der Waals surface area contributed by atoms with E-state index in [1.165, 1.54) is 19.2 Å². The normalized spacial score (nSPS) is 19.9. The number of H-pyrrole nitrogens is 1. The molecule has 0 aromatic carbocycles. The number of hydrogen-bond donors (Lipinski definition) is 2. The first kappa shape index (κ1) is 14.3. The number of carboxylic acid groups (broad SMARTS) is 1. The fraction of sp³-hybridized carbons (Fsp3) is 0.500. The molecule has 0 saturated carbocycles. The lowest BCUT2D eigenvalue weighted by Crippen LogP contribution is -2.41. The molecule has 0 aliphatic carbocycles. The van der Waals surface area contributed by atoms with Gasteiger partial charge in [0.15, 0.2) is 5.78 Å². The lowest BCUT2D eigenvalue weighted by atomic mass is 10.00. The molecule has 0 bridgehead atoms. The lowest BCUT2D eigenvalue weighted by Gasteiger charge is -2.27. The molecule has 2 atom stereocenters. The van der Waals surface area contributed by atoms with Crippen LogP contribution in [0.1, 0.15) is 47.5 Å². The van der Waals surface area contributed by atoms with Crippen LogP contribution in [0, 0.1) is 5.92 Å². The summed E-state index contributed by atoms with van der Waals surface area (Å²) in [5.74, 6) is -1.85. The first-order chi connectivity index (χ1) is 9.41. The van der Waals surface area contributed by atoms with E-state index in [1.54, 1.807) is 11.8 Å². The first-order valence-electron chi connectivity index (χ1n) is 6.65. The fourth-order valence-electron chi connectivity index (χ4n) is 2.60. The zero-order valence-corrected chi connectivity index (χ0v) is 11.5.